The molecule has 1 aliphatic carbocycles. The summed E-state index contributed by atoms with van der Waals surface area (Å²) in [6, 6.07) is 8.59. The zero-order chi connectivity index (χ0) is 33.9. The van der Waals surface area contributed by atoms with Crippen molar-refractivity contribution in [2.24, 2.45) is 5.92 Å². The van der Waals surface area contributed by atoms with Crippen molar-refractivity contribution in [1.29, 1.82) is 0 Å². The molecule has 1 saturated carbocycles. The predicted octanol–water partition coefficient (Wildman–Crippen LogP) is 3.22. The number of nitrogens with zero attached hydrogens (tertiary/aromatic N) is 3. The number of aromatic nitrogens is 2. The second-order valence-corrected chi connectivity index (χ2v) is 13.4. The summed E-state index contributed by atoms with van der Waals surface area (Å²) in [4.78, 5) is 64.8. The number of likely N-dealkylation sites (tertiary alicyclic amines) is 1. The molecule has 1 aromatic carbocycles. The zero-order valence-electron chi connectivity index (χ0n) is 26.7. The van der Waals surface area contributed by atoms with Crippen molar-refractivity contribution < 1.29 is 38.5 Å². The van der Waals surface area contributed by atoms with Crippen LogP contribution in [-0.2, 0) is 23.9 Å². The number of aliphatic hydroxyl groups is 1. The van der Waals surface area contributed by atoms with Gasteiger partial charge < -0.3 is 34.9 Å². The third-order valence-corrected chi connectivity index (χ3v) is 8.75. The Morgan fingerprint density at radius 3 is 2.49 bits per heavy atom. The minimum absolute atomic E-state index is 0.0260. The Morgan fingerprint density at radius 1 is 1.17 bits per heavy atom. The van der Waals surface area contributed by atoms with Gasteiger partial charge in [0.2, 0.25) is 17.7 Å². The van der Waals surface area contributed by atoms with Gasteiger partial charge in [-0.1, -0.05) is 24.3 Å². The first-order chi connectivity index (χ1) is 22.4. The van der Waals surface area contributed by atoms with E-state index in [0.29, 0.717) is 23.1 Å². The molecule has 1 aliphatic heterocycles. The van der Waals surface area contributed by atoms with Crippen molar-refractivity contribution in [3.63, 3.8) is 0 Å². The number of fused-ring (bicyclic) bond motifs is 1. The fraction of sp³-hybridized carbons (Fsp3) is 0.455. The molecule has 13 nitrogen and oxygen atoms in total. The molecule has 5 atom stereocenters. The van der Waals surface area contributed by atoms with E-state index in [1.165, 1.54) is 16.2 Å². The van der Waals surface area contributed by atoms with Crippen molar-refractivity contribution in [3.8, 4) is 16.5 Å². The van der Waals surface area contributed by atoms with Crippen LogP contribution >= 0.6 is 11.3 Å². The lowest BCUT2D eigenvalue weighted by atomic mass is 10.1. The normalized spacial score (nSPS) is 22.7. The minimum Gasteiger partial charge on any atom is -0.471 e. The number of hydrogen-bond acceptors (Lipinski definition) is 11. The van der Waals surface area contributed by atoms with Crippen LogP contribution in [0.3, 0.4) is 0 Å². The molecular weight excluding hydrogens is 626 g/mol. The average molecular weight is 666 g/mol. The maximum absolute atomic E-state index is 13.9. The van der Waals surface area contributed by atoms with E-state index < -0.39 is 59.8 Å². The molecule has 47 heavy (non-hydrogen) atoms. The van der Waals surface area contributed by atoms with E-state index in [1.807, 2.05) is 41.8 Å². The summed E-state index contributed by atoms with van der Waals surface area (Å²) in [7, 11) is 0. The topological polar surface area (TPSA) is 169 Å². The number of alkyl carbamates (subject to hydrolysis) is 1. The quantitative estimate of drug-likeness (QED) is 0.204. The number of hydrogen-bond donors (Lipinski definition) is 3. The van der Waals surface area contributed by atoms with Gasteiger partial charge in [0.25, 0.3) is 0 Å². The number of thiophene rings is 1. The number of esters is 1. The molecule has 3 heterocycles. The van der Waals surface area contributed by atoms with Gasteiger partial charge in [-0.2, -0.15) is 0 Å². The summed E-state index contributed by atoms with van der Waals surface area (Å²) >= 11 is 1.46. The van der Waals surface area contributed by atoms with Gasteiger partial charge in [0.05, 0.1) is 35.7 Å². The molecule has 0 bridgehead atoms. The third-order valence-electron chi connectivity index (χ3n) is 7.88. The van der Waals surface area contributed by atoms with Gasteiger partial charge in [-0.15, -0.1) is 17.9 Å². The third kappa shape index (κ3) is 7.38. The number of benzene rings is 1. The van der Waals surface area contributed by atoms with Gasteiger partial charge in [0.15, 0.2) is 0 Å². The molecule has 3 amide bonds. The average Bonchev–Trinajstić information content (AvgIpc) is 3.33. The monoisotopic (exact) mass is 665 g/mol. The number of ether oxygens (including phenoxy) is 3. The van der Waals surface area contributed by atoms with E-state index in [1.54, 1.807) is 33.8 Å². The summed E-state index contributed by atoms with van der Waals surface area (Å²) in [5.74, 6) is -2.04. The summed E-state index contributed by atoms with van der Waals surface area (Å²) in [5.41, 5.74) is -0.364. The van der Waals surface area contributed by atoms with E-state index in [0.717, 1.165) is 4.88 Å². The predicted molar refractivity (Wildman–Crippen MR) is 173 cm³/mol. The Balaban J connectivity index is 1.44. The number of rotatable bonds is 11. The molecule has 0 unspecified atom stereocenters. The Morgan fingerprint density at radius 2 is 1.89 bits per heavy atom. The maximum Gasteiger partial charge on any atom is 0.408 e. The van der Waals surface area contributed by atoms with Crippen LogP contribution in [0.2, 0.25) is 0 Å². The van der Waals surface area contributed by atoms with Gasteiger partial charge in [-0.3, -0.25) is 9.59 Å². The highest BCUT2D eigenvalue weighted by Crippen LogP contribution is 2.46. The van der Waals surface area contributed by atoms with Gasteiger partial charge >= 0.3 is 12.1 Å². The first-order valence-electron chi connectivity index (χ1n) is 15.4. The van der Waals surface area contributed by atoms with E-state index in [2.05, 4.69) is 17.2 Å². The van der Waals surface area contributed by atoms with Crippen molar-refractivity contribution in [3.05, 3.63) is 54.4 Å². The summed E-state index contributed by atoms with van der Waals surface area (Å²) in [6.07, 6.45) is 0.268. The highest BCUT2D eigenvalue weighted by molar-refractivity contribution is 7.13. The van der Waals surface area contributed by atoms with E-state index >= 15 is 0 Å². The molecule has 2 aliphatic rings. The minimum atomic E-state index is -1.41. The van der Waals surface area contributed by atoms with Gasteiger partial charge in [0.1, 0.15) is 35.0 Å². The fourth-order valence-electron chi connectivity index (χ4n) is 5.57. The Bertz CT molecular complexity index is 1660. The molecule has 0 spiro atoms. The Kier molecular flexibility index (Phi) is 9.82. The standard InChI is InChI=1S/C33H39N5O8S/c1-6-19-16-33(19,30(42)44-7-2)37-27(40)24-15-20(17-38(24)29(41)23(18-39)36-31(43)46-32(3,4)5)45-28-26(25-13-10-14-47-25)34-21-11-8-9-12-22(21)35-28/h6,8-14,19-20,23-24,39H,1,7,15-18H2,2-5H3,(H,36,43)(H,37,40)/t19-,20-,23+,24+,33-/m1/s1. The van der Waals surface area contributed by atoms with Crippen molar-refractivity contribution in [2.45, 2.75) is 69.9 Å². The highest BCUT2D eigenvalue weighted by Gasteiger charge is 2.62. The molecule has 1 saturated heterocycles. The molecule has 2 aromatic heterocycles. The number of carbonyl (C=O) groups is 4. The molecule has 3 N–H and O–H groups in total. The molecule has 2 fully saturated rings. The first kappa shape index (κ1) is 33.8. The Labute approximate surface area is 276 Å². The molecular formula is C33H39N5O8S. The van der Waals surface area contributed by atoms with Crippen LogP contribution in [0.5, 0.6) is 5.88 Å². The summed E-state index contributed by atoms with van der Waals surface area (Å²) in [5, 5.41) is 17.3. The van der Waals surface area contributed by atoms with Crippen molar-refractivity contribution in [1.82, 2.24) is 25.5 Å². The molecule has 0 radical (unpaired) electrons. The van der Waals surface area contributed by atoms with Crippen molar-refractivity contribution in [2.75, 3.05) is 19.8 Å². The fourth-order valence-corrected chi connectivity index (χ4v) is 6.28. The van der Waals surface area contributed by atoms with E-state index in [9.17, 15) is 24.3 Å². The van der Waals surface area contributed by atoms with Crippen LogP contribution in [0.4, 0.5) is 4.79 Å². The SMILES string of the molecule is C=C[C@@H]1C[C@]1(NC(=O)[C@@H]1C[C@@H](Oc2nc3ccccc3nc2-c2cccs2)CN1C(=O)[C@H](CO)NC(=O)OC(C)(C)C)C(=O)OCC. The van der Waals surface area contributed by atoms with Crippen LogP contribution < -0.4 is 15.4 Å². The lowest BCUT2D eigenvalue weighted by Gasteiger charge is -2.29. The number of para-hydroxylation sites is 2. The Hall–Kier alpha value is -4.56. The zero-order valence-corrected chi connectivity index (χ0v) is 27.5. The molecule has 3 aromatic rings. The summed E-state index contributed by atoms with van der Waals surface area (Å²) < 4.78 is 16.9. The van der Waals surface area contributed by atoms with E-state index in [-0.39, 0.29) is 31.4 Å². The maximum atomic E-state index is 13.9. The lowest BCUT2D eigenvalue weighted by Crippen LogP contribution is -2.57. The summed E-state index contributed by atoms with van der Waals surface area (Å²) in [6.45, 7) is 9.73. The number of amides is 3. The van der Waals surface area contributed by atoms with Crippen molar-refractivity contribution >= 4 is 46.2 Å². The molecule has 250 valence electrons. The number of carbonyl (C=O) groups excluding carboxylic acids is 4. The van der Waals surface area contributed by atoms with Crippen LogP contribution in [0.25, 0.3) is 21.6 Å². The van der Waals surface area contributed by atoms with Crippen LogP contribution in [0.15, 0.2) is 54.4 Å². The lowest BCUT2D eigenvalue weighted by molar-refractivity contribution is -0.150. The smallest absolute Gasteiger partial charge is 0.408 e. The van der Waals surface area contributed by atoms with Crippen LogP contribution in [0.1, 0.15) is 40.5 Å². The van der Waals surface area contributed by atoms with Crippen LogP contribution in [0, 0.1) is 5.92 Å². The second-order valence-electron chi connectivity index (χ2n) is 12.4. The van der Waals surface area contributed by atoms with Gasteiger partial charge in [-0.05, 0) is 57.7 Å². The van der Waals surface area contributed by atoms with Gasteiger partial charge in [-0.25, -0.2) is 19.6 Å². The number of aliphatic hydroxyl groups excluding tert-OH is 1. The van der Waals surface area contributed by atoms with E-state index in [4.69, 9.17) is 24.2 Å². The molecule has 14 heteroatoms. The molecule has 5 rings (SSSR count). The van der Waals surface area contributed by atoms with Crippen LogP contribution in [-0.4, -0.2) is 92.9 Å². The first-order valence-corrected chi connectivity index (χ1v) is 16.3. The second kappa shape index (κ2) is 13.7. The highest BCUT2D eigenvalue weighted by atomic mass is 32.1. The number of nitrogens with one attached hydrogen (secondary N) is 2. The van der Waals surface area contributed by atoms with Gasteiger partial charge in [0, 0.05) is 12.3 Å². The largest absolute Gasteiger partial charge is 0.471 e.